The van der Waals surface area contributed by atoms with Gasteiger partial charge in [-0.2, -0.15) is 0 Å². The van der Waals surface area contributed by atoms with E-state index in [1.807, 2.05) is 61.7 Å². The molecule has 1 atom stereocenters. The number of nitrogens with zero attached hydrogens (tertiary/aromatic N) is 2. The van der Waals surface area contributed by atoms with Gasteiger partial charge < -0.3 is 5.32 Å². The van der Waals surface area contributed by atoms with Gasteiger partial charge in [0.1, 0.15) is 10.9 Å². The standard InChI is InChI=1S/C23H20BrN3O2S/c1-13-4-5-14(2)19(10-13)26-21(28)15(3)27-12-25-22-20(23(27)29)18(11-30-22)16-6-8-17(24)9-7-16/h4-12,15H,1-3H3,(H,26,28). The van der Waals surface area contributed by atoms with Crippen molar-refractivity contribution in [3.05, 3.63) is 80.1 Å². The Kier molecular flexibility index (Phi) is 5.58. The molecule has 4 aromatic rings. The van der Waals surface area contributed by atoms with Gasteiger partial charge in [-0.25, -0.2) is 4.98 Å². The molecule has 7 heteroatoms. The van der Waals surface area contributed by atoms with Crippen molar-refractivity contribution in [3.63, 3.8) is 0 Å². The Balaban J connectivity index is 1.72. The van der Waals surface area contributed by atoms with Crippen molar-refractivity contribution in [1.82, 2.24) is 9.55 Å². The molecule has 0 fully saturated rings. The number of halogens is 1. The Morgan fingerprint density at radius 1 is 1.17 bits per heavy atom. The topological polar surface area (TPSA) is 64.0 Å². The molecule has 30 heavy (non-hydrogen) atoms. The average Bonchev–Trinajstić information content (AvgIpc) is 3.16. The first-order valence-electron chi connectivity index (χ1n) is 9.47. The van der Waals surface area contributed by atoms with Gasteiger partial charge in [0.25, 0.3) is 5.56 Å². The van der Waals surface area contributed by atoms with Gasteiger partial charge in [-0.05, 0) is 55.7 Å². The first kappa shape index (κ1) is 20.5. The largest absolute Gasteiger partial charge is 0.324 e. The SMILES string of the molecule is Cc1ccc(C)c(NC(=O)C(C)n2cnc3scc(-c4ccc(Br)cc4)c3c2=O)c1. The lowest BCUT2D eigenvalue weighted by Gasteiger charge is -2.16. The summed E-state index contributed by atoms with van der Waals surface area (Å²) >= 11 is 4.86. The molecule has 0 radical (unpaired) electrons. The number of thiophene rings is 1. The fraction of sp³-hybridized carbons (Fsp3) is 0.174. The van der Waals surface area contributed by atoms with E-state index in [1.54, 1.807) is 6.92 Å². The van der Waals surface area contributed by atoms with Crippen LogP contribution in [0.15, 0.2) is 63.4 Å². The van der Waals surface area contributed by atoms with Crippen LogP contribution in [0.5, 0.6) is 0 Å². The fourth-order valence-electron chi connectivity index (χ4n) is 3.30. The minimum absolute atomic E-state index is 0.220. The van der Waals surface area contributed by atoms with Crippen molar-refractivity contribution >= 4 is 49.1 Å². The van der Waals surface area contributed by atoms with Gasteiger partial charge in [0.05, 0.1) is 11.7 Å². The minimum Gasteiger partial charge on any atom is -0.324 e. The highest BCUT2D eigenvalue weighted by molar-refractivity contribution is 9.10. The Labute approximate surface area is 186 Å². The summed E-state index contributed by atoms with van der Waals surface area (Å²) in [6, 6.07) is 13.0. The van der Waals surface area contributed by atoms with E-state index in [0.29, 0.717) is 10.2 Å². The van der Waals surface area contributed by atoms with Crippen LogP contribution in [0.4, 0.5) is 5.69 Å². The van der Waals surface area contributed by atoms with Gasteiger partial charge in [-0.1, -0.05) is 40.2 Å². The number of aryl methyl sites for hydroxylation is 2. The normalized spacial score (nSPS) is 12.1. The van der Waals surface area contributed by atoms with Crippen LogP contribution >= 0.6 is 27.3 Å². The number of rotatable bonds is 4. The molecule has 4 rings (SSSR count). The van der Waals surface area contributed by atoms with Crippen LogP contribution in [0.1, 0.15) is 24.1 Å². The Hall–Kier alpha value is -2.77. The highest BCUT2D eigenvalue weighted by Gasteiger charge is 2.21. The average molecular weight is 482 g/mol. The number of nitrogens with one attached hydrogen (secondary N) is 1. The molecule has 0 aliphatic heterocycles. The Morgan fingerprint density at radius 3 is 2.63 bits per heavy atom. The van der Waals surface area contributed by atoms with E-state index in [2.05, 4.69) is 26.2 Å². The van der Waals surface area contributed by atoms with Gasteiger partial charge in [0.15, 0.2) is 0 Å². The summed E-state index contributed by atoms with van der Waals surface area (Å²) in [5, 5.41) is 5.42. The number of aromatic nitrogens is 2. The predicted molar refractivity (Wildman–Crippen MR) is 126 cm³/mol. The zero-order chi connectivity index (χ0) is 21.4. The summed E-state index contributed by atoms with van der Waals surface area (Å²) in [5.41, 5.74) is 4.33. The second-order valence-corrected chi connectivity index (χ2v) is 9.05. The third-order valence-electron chi connectivity index (χ3n) is 5.12. The molecule has 0 saturated heterocycles. The molecule has 2 aromatic carbocycles. The molecular formula is C23H20BrN3O2S. The van der Waals surface area contributed by atoms with Crippen LogP contribution in [-0.2, 0) is 4.79 Å². The molecule has 1 unspecified atom stereocenters. The number of benzene rings is 2. The summed E-state index contributed by atoms with van der Waals surface area (Å²) in [6.45, 7) is 5.62. The fourth-order valence-corrected chi connectivity index (χ4v) is 4.47. The molecule has 5 nitrogen and oxygen atoms in total. The van der Waals surface area contributed by atoms with E-state index in [9.17, 15) is 9.59 Å². The van der Waals surface area contributed by atoms with E-state index >= 15 is 0 Å². The monoisotopic (exact) mass is 481 g/mol. The summed E-state index contributed by atoms with van der Waals surface area (Å²) < 4.78 is 2.37. The number of carbonyl (C=O) groups is 1. The molecule has 0 bridgehead atoms. The maximum atomic E-state index is 13.3. The van der Waals surface area contributed by atoms with E-state index < -0.39 is 6.04 Å². The van der Waals surface area contributed by atoms with Crippen molar-refractivity contribution in [2.24, 2.45) is 0 Å². The van der Waals surface area contributed by atoms with E-state index in [4.69, 9.17) is 0 Å². The maximum absolute atomic E-state index is 13.3. The molecule has 0 spiro atoms. The zero-order valence-corrected chi connectivity index (χ0v) is 19.2. The molecule has 1 N–H and O–H groups in total. The molecule has 1 amide bonds. The molecular weight excluding hydrogens is 462 g/mol. The molecule has 2 heterocycles. The van der Waals surface area contributed by atoms with Crippen LogP contribution < -0.4 is 10.9 Å². The van der Waals surface area contributed by atoms with Gasteiger partial charge in [-0.3, -0.25) is 14.2 Å². The van der Waals surface area contributed by atoms with E-state index in [1.165, 1.54) is 22.2 Å². The molecule has 2 aromatic heterocycles. The Bertz CT molecular complexity index is 1310. The van der Waals surface area contributed by atoms with Crippen LogP contribution in [0.25, 0.3) is 21.3 Å². The minimum atomic E-state index is -0.702. The number of carbonyl (C=O) groups excluding carboxylic acids is 1. The highest BCUT2D eigenvalue weighted by Crippen LogP contribution is 2.31. The number of amides is 1. The summed E-state index contributed by atoms with van der Waals surface area (Å²) in [7, 11) is 0. The molecule has 0 aliphatic rings. The van der Waals surface area contributed by atoms with Crippen LogP contribution in [0.3, 0.4) is 0 Å². The van der Waals surface area contributed by atoms with Crippen molar-refractivity contribution in [2.45, 2.75) is 26.8 Å². The van der Waals surface area contributed by atoms with Gasteiger partial charge in [-0.15, -0.1) is 11.3 Å². The number of hydrogen-bond donors (Lipinski definition) is 1. The third kappa shape index (κ3) is 3.82. The summed E-state index contributed by atoms with van der Waals surface area (Å²) in [6.07, 6.45) is 1.46. The summed E-state index contributed by atoms with van der Waals surface area (Å²) in [4.78, 5) is 31.3. The number of anilines is 1. The van der Waals surface area contributed by atoms with Gasteiger partial charge in [0, 0.05) is 21.1 Å². The van der Waals surface area contributed by atoms with Crippen molar-refractivity contribution in [2.75, 3.05) is 5.32 Å². The smallest absolute Gasteiger partial charge is 0.263 e. The van der Waals surface area contributed by atoms with Crippen molar-refractivity contribution in [3.8, 4) is 11.1 Å². The van der Waals surface area contributed by atoms with Gasteiger partial charge >= 0.3 is 0 Å². The number of hydrogen-bond acceptors (Lipinski definition) is 4. The number of fused-ring (bicyclic) bond motifs is 1. The second-order valence-electron chi connectivity index (χ2n) is 7.28. The van der Waals surface area contributed by atoms with E-state index in [0.717, 1.165) is 32.4 Å². The molecule has 0 aliphatic carbocycles. The maximum Gasteiger partial charge on any atom is 0.263 e. The van der Waals surface area contributed by atoms with Crippen LogP contribution in [0.2, 0.25) is 0 Å². The first-order valence-corrected chi connectivity index (χ1v) is 11.1. The Morgan fingerprint density at radius 2 is 1.90 bits per heavy atom. The highest BCUT2D eigenvalue weighted by atomic mass is 79.9. The van der Waals surface area contributed by atoms with Crippen LogP contribution in [0, 0.1) is 13.8 Å². The van der Waals surface area contributed by atoms with Gasteiger partial charge in [0.2, 0.25) is 5.91 Å². The predicted octanol–water partition coefficient (Wildman–Crippen LogP) is 5.70. The lowest BCUT2D eigenvalue weighted by atomic mass is 10.1. The third-order valence-corrected chi connectivity index (χ3v) is 6.54. The van der Waals surface area contributed by atoms with Crippen molar-refractivity contribution < 1.29 is 4.79 Å². The molecule has 152 valence electrons. The van der Waals surface area contributed by atoms with Crippen LogP contribution in [-0.4, -0.2) is 15.5 Å². The summed E-state index contributed by atoms with van der Waals surface area (Å²) in [5.74, 6) is -0.257. The quantitative estimate of drug-likeness (QED) is 0.406. The first-order chi connectivity index (χ1) is 14.3. The van der Waals surface area contributed by atoms with E-state index in [-0.39, 0.29) is 11.5 Å². The van der Waals surface area contributed by atoms with Crippen molar-refractivity contribution in [1.29, 1.82) is 0 Å². The lowest BCUT2D eigenvalue weighted by molar-refractivity contribution is -0.118. The lowest BCUT2D eigenvalue weighted by Crippen LogP contribution is -2.31. The molecule has 0 saturated carbocycles. The zero-order valence-electron chi connectivity index (χ0n) is 16.8. The second kappa shape index (κ2) is 8.16.